The van der Waals surface area contributed by atoms with Crippen LogP contribution in [0.15, 0.2) is 18.5 Å². The van der Waals surface area contributed by atoms with Crippen LogP contribution in [0.5, 0.6) is 0 Å². The normalized spacial score (nSPS) is 29.7. The van der Waals surface area contributed by atoms with Crippen molar-refractivity contribution in [2.45, 2.75) is 23.9 Å². The first kappa shape index (κ1) is 20.5. The van der Waals surface area contributed by atoms with Gasteiger partial charge in [-0.3, -0.25) is 9.69 Å². The largest absolute Gasteiger partial charge is 0.462 e. The van der Waals surface area contributed by atoms with E-state index < -0.39 is 29.9 Å². The maximum Gasteiger partial charge on any atom is 0.320 e. The summed E-state index contributed by atoms with van der Waals surface area (Å²) in [5.74, 6) is -0.277. The fourth-order valence-electron chi connectivity index (χ4n) is 3.82. The van der Waals surface area contributed by atoms with Crippen molar-refractivity contribution in [1.29, 1.82) is 5.26 Å². The second-order valence-electron chi connectivity index (χ2n) is 7.31. The summed E-state index contributed by atoms with van der Waals surface area (Å²) in [6, 6.07) is 5.06. The molecular formula is C18H23N7O5. The van der Waals surface area contributed by atoms with E-state index in [1.807, 2.05) is 11.0 Å². The Labute approximate surface area is 171 Å². The van der Waals surface area contributed by atoms with Crippen LogP contribution in [-0.4, -0.2) is 93.3 Å². The molecule has 2 saturated heterocycles. The molecule has 30 heavy (non-hydrogen) atoms. The van der Waals surface area contributed by atoms with Crippen LogP contribution >= 0.6 is 0 Å². The molecule has 4 rings (SSSR count). The number of aromatic nitrogens is 3. The molecule has 4 atom stereocenters. The maximum absolute atomic E-state index is 12.1. The van der Waals surface area contributed by atoms with Crippen molar-refractivity contribution in [3.05, 3.63) is 24.2 Å². The van der Waals surface area contributed by atoms with Crippen LogP contribution in [0, 0.1) is 11.3 Å². The van der Waals surface area contributed by atoms with E-state index in [1.54, 1.807) is 6.07 Å². The third kappa shape index (κ3) is 3.47. The Balaban J connectivity index is 1.49. The summed E-state index contributed by atoms with van der Waals surface area (Å²) in [7, 11) is 0. The van der Waals surface area contributed by atoms with Crippen LogP contribution in [-0.2, 0) is 19.9 Å². The molecule has 2 aliphatic heterocycles. The van der Waals surface area contributed by atoms with E-state index in [1.165, 1.54) is 16.9 Å². The molecule has 2 aliphatic rings. The molecule has 0 spiro atoms. The van der Waals surface area contributed by atoms with Crippen LogP contribution in [0.2, 0.25) is 0 Å². The number of aliphatic hydroxyl groups is 2. The highest BCUT2D eigenvalue weighted by Crippen LogP contribution is 2.40. The van der Waals surface area contributed by atoms with Crippen LogP contribution in [0.3, 0.4) is 0 Å². The zero-order chi connectivity index (χ0) is 21.3. The second kappa shape index (κ2) is 8.13. The molecule has 12 heteroatoms. The number of nitrogen functional groups attached to an aromatic ring is 1. The number of nitriles is 1. The zero-order valence-electron chi connectivity index (χ0n) is 16.1. The minimum absolute atomic E-state index is 0.121. The smallest absolute Gasteiger partial charge is 0.320 e. The Morgan fingerprint density at radius 1 is 1.43 bits per heavy atom. The van der Waals surface area contributed by atoms with Crippen LogP contribution < -0.4 is 11.1 Å². The first-order valence-electron chi connectivity index (χ1n) is 9.59. The van der Waals surface area contributed by atoms with Gasteiger partial charge < -0.3 is 30.7 Å². The minimum atomic E-state index is -1.91. The molecule has 12 nitrogen and oxygen atoms in total. The third-order valence-electron chi connectivity index (χ3n) is 5.46. The van der Waals surface area contributed by atoms with Gasteiger partial charge in [0.15, 0.2) is 5.82 Å². The van der Waals surface area contributed by atoms with Gasteiger partial charge in [-0.1, -0.05) is 0 Å². The number of hydrogen-bond donors (Lipinski definition) is 4. The Bertz CT molecular complexity index is 969. The summed E-state index contributed by atoms with van der Waals surface area (Å²) in [5, 5.41) is 38.3. The molecule has 0 unspecified atom stereocenters. The third-order valence-corrected chi connectivity index (χ3v) is 5.46. The van der Waals surface area contributed by atoms with Crippen molar-refractivity contribution < 1.29 is 24.5 Å². The lowest BCUT2D eigenvalue weighted by Crippen LogP contribution is -2.46. The lowest BCUT2D eigenvalue weighted by atomic mass is 9.92. The Kier molecular flexibility index (Phi) is 5.54. The SMILES string of the molecule is N#C[C@@]1(c2ccc3c(N)ncnn23)O[C@H](COC(=O)CN2CCNCC2)[C@@H](O)[C@H]1O. The van der Waals surface area contributed by atoms with E-state index in [-0.39, 0.29) is 24.7 Å². The lowest BCUT2D eigenvalue weighted by molar-refractivity contribution is -0.152. The fourth-order valence-corrected chi connectivity index (χ4v) is 3.82. The van der Waals surface area contributed by atoms with Gasteiger partial charge in [0.05, 0.1) is 12.2 Å². The number of nitrogens with two attached hydrogens (primary N) is 1. The van der Waals surface area contributed by atoms with Crippen LogP contribution in [0.4, 0.5) is 5.82 Å². The summed E-state index contributed by atoms with van der Waals surface area (Å²) in [5.41, 5.74) is 4.53. The summed E-state index contributed by atoms with van der Waals surface area (Å²) in [4.78, 5) is 18.0. The predicted molar refractivity (Wildman–Crippen MR) is 102 cm³/mol. The average Bonchev–Trinajstić information content (AvgIpc) is 3.29. The summed E-state index contributed by atoms with van der Waals surface area (Å²) >= 11 is 0. The van der Waals surface area contributed by atoms with Gasteiger partial charge in [0, 0.05) is 26.2 Å². The fraction of sp³-hybridized carbons (Fsp3) is 0.556. The van der Waals surface area contributed by atoms with Crippen molar-refractivity contribution in [2.24, 2.45) is 0 Å². The maximum atomic E-state index is 12.1. The summed E-state index contributed by atoms with van der Waals surface area (Å²) in [6.07, 6.45) is -2.91. The number of ether oxygens (including phenoxy) is 2. The van der Waals surface area contributed by atoms with E-state index in [0.29, 0.717) is 5.52 Å². The molecule has 0 saturated carbocycles. The molecule has 2 aromatic heterocycles. The number of fused-ring (bicyclic) bond motifs is 1. The number of nitrogens with one attached hydrogen (secondary N) is 1. The van der Waals surface area contributed by atoms with E-state index in [4.69, 9.17) is 15.2 Å². The van der Waals surface area contributed by atoms with Crippen LogP contribution in [0.25, 0.3) is 5.52 Å². The number of piperazine rings is 1. The number of hydrogen-bond acceptors (Lipinski definition) is 11. The highest BCUT2D eigenvalue weighted by atomic mass is 16.6. The Morgan fingerprint density at radius 3 is 2.93 bits per heavy atom. The van der Waals surface area contributed by atoms with Gasteiger partial charge in [-0.15, -0.1) is 0 Å². The quantitative estimate of drug-likeness (QED) is 0.382. The molecular weight excluding hydrogens is 394 g/mol. The lowest BCUT2D eigenvalue weighted by Gasteiger charge is -2.26. The van der Waals surface area contributed by atoms with Gasteiger partial charge in [-0.05, 0) is 12.1 Å². The van der Waals surface area contributed by atoms with Gasteiger partial charge in [0.25, 0.3) is 0 Å². The minimum Gasteiger partial charge on any atom is -0.462 e. The number of esters is 1. The molecule has 0 aromatic carbocycles. The number of nitrogens with zero attached hydrogens (tertiary/aromatic N) is 5. The van der Waals surface area contributed by atoms with Crippen molar-refractivity contribution in [3.8, 4) is 6.07 Å². The average molecular weight is 417 g/mol. The first-order chi connectivity index (χ1) is 14.5. The van der Waals surface area contributed by atoms with Gasteiger partial charge >= 0.3 is 5.97 Å². The molecule has 0 bridgehead atoms. The van der Waals surface area contributed by atoms with Crippen molar-refractivity contribution in [1.82, 2.24) is 24.8 Å². The number of aliphatic hydroxyl groups excluding tert-OH is 2. The summed E-state index contributed by atoms with van der Waals surface area (Å²) in [6.45, 7) is 2.89. The van der Waals surface area contributed by atoms with Crippen LogP contribution in [0.1, 0.15) is 5.69 Å². The molecule has 0 amide bonds. The van der Waals surface area contributed by atoms with Crippen molar-refractivity contribution in [2.75, 3.05) is 45.1 Å². The molecule has 5 N–H and O–H groups in total. The molecule has 160 valence electrons. The zero-order valence-corrected chi connectivity index (χ0v) is 16.1. The molecule has 2 aromatic rings. The summed E-state index contributed by atoms with van der Waals surface area (Å²) < 4.78 is 12.4. The van der Waals surface area contributed by atoms with Gasteiger partial charge in [0.1, 0.15) is 42.8 Å². The second-order valence-corrected chi connectivity index (χ2v) is 7.31. The molecule has 2 fully saturated rings. The predicted octanol–water partition coefficient (Wildman–Crippen LogP) is -2.40. The molecule has 0 radical (unpaired) electrons. The highest BCUT2D eigenvalue weighted by molar-refractivity contribution is 5.71. The van der Waals surface area contributed by atoms with Crippen molar-refractivity contribution >= 4 is 17.3 Å². The van der Waals surface area contributed by atoms with Gasteiger partial charge in [-0.2, -0.15) is 10.4 Å². The number of anilines is 1. The van der Waals surface area contributed by atoms with Gasteiger partial charge in [0.2, 0.25) is 5.60 Å². The highest BCUT2D eigenvalue weighted by Gasteiger charge is 2.57. The monoisotopic (exact) mass is 417 g/mol. The molecule has 4 heterocycles. The molecule has 0 aliphatic carbocycles. The number of carbonyl (C=O) groups is 1. The van der Waals surface area contributed by atoms with Gasteiger partial charge in [-0.25, -0.2) is 9.50 Å². The van der Waals surface area contributed by atoms with E-state index in [9.17, 15) is 20.3 Å². The van der Waals surface area contributed by atoms with E-state index in [2.05, 4.69) is 15.4 Å². The van der Waals surface area contributed by atoms with Crippen molar-refractivity contribution in [3.63, 3.8) is 0 Å². The first-order valence-corrected chi connectivity index (χ1v) is 9.59. The standard InChI is InChI=1S/C18H23N7O5/c19-9-18(13-2-1-11-17(20)22-10-23-25(11)13)16(28)15(27)12(30-18)8-29-14(26)7-24-5-3-21-4-6-24/h1-2,10,12,15-16,21,27-28H,3-8H2,(H2,20,22,23)/t12-,15-,16-,18+/m1/s1. The number of rotatable bonds is 5. The Hall–Kier alpha value is -2.82. The Morgan fingerprint density at radius 2 is 2.20 bits per heavy atom. The van der Waals surface area contributed by atoms with E-state index in [0.717, 1.165) is 26.2 Å². The number of carbonyl (C=O) groups excluding carboxylic acids is 1. The van der Waals surface area contributed by atoms with E-state index >= 15 is 0 Å². The topological polar surface area (TPSA) is 171 Å².